The van der Waals surface area contributed by atoms with E-state index in [9.17, 15) is 14.9 Å². The van der Waals surface area contributed by atoms with Gasteiger partial charge >= 0.3 is 5.91 Å². The summed E-state index contributed by atoms with van der Waals surface area (Å²) in [5.74, 6) is 0.703. The van der Waals surface area contributed by atoms with Gasteiger partial charge in [0, 0.05) is 22.0 Å². The highest BCUT2D eigenvalue weighted by atomic mass is 79.9. The minimum atomic E-state index is -0.471. The van der Waals surface area contributed by atoms with Gasteiger partial charge in [0.25, 0.3) is 5.69 Å². The number of hydrogen-bond acceptors (Lipinski definition) is 7. The van der Waals surface area contributed by atoms with E-state index < -0.39 is 10.8 Å². The molecule has 0 aliphatic heterocycles. The molecule has 0 radical (unpaired) electrons. The predicted octanol–water partition coefficient (Wildman–Crippen LogP) is 5.85. The standard InChI is InChI=1S/C25H20BrN3O6/c1-2-33-23-11-17(5-9-22(23)34-15-16-3-7-20(8-4-16)29(31)32)14-27-28-25(30)24-13-18-12-19(26)6-10-21(18)35-24/h3-14H,2,15H2,1H3,(H,28,30)/b27-14+. The number of ether oxygens (including phenoxy) is 2. The molecule has 0 fully saturated rings. The van der Waals surface area contributed by atoms with Gasteiger partial charge in [0.1, 0.15) is 12.2 Å². The van der Waals surface area contributed by atoms with Gasteiger partial charge in [-0.05, 0) is 72.6 Å². The van der Waals surface area contributed by atoms with E-state index in [1.54, 1.807) is 42.5 Å². The van der Waals surface area contributed by atoms with E-state index in [1.165, 1.54) is 18.3 Å². The molecule has 9 nitrogen and oxygen atoms in total. The largest absolute Gasteiger partial charge is 0.490 e. The SMILES string of the molecule is CCOc1cc(/C=N/NC(=O)c2cc3cc(Br)ccc3o2)ccc1OCc1ccc([N+](=O)[O-])cc1. The third-order valence-corrected chi connectivity index (χ3v) is 5.38. The number of nitrogens with one attached hydrogen (secondary N) is 1. The highest BCUT2D eigenvalue weighted by molar-refractivity contribution is 9.10. The molecule has 0 aliphatic carbocycles. The predicted molar refractivity (Wildman–Crippen MR) is 134 cm³/mol. The Kier molecular flexibility index (Phi) is 7.41. The summed E-state index contributed by atoms with van der Waals surface area (Å²) in [4.78, 5) is 22.7. The van der Waals surface area contributed by atoms with Gasteiger partial charge in [0.05, 0.1) is 17.7 Å². The van der Waals surface area contributed by atoms with Crippen LogP contribution in [0.4, 0.5) is 5.69 Å². The topological polar surface area (TPSA) is 116 Å². The van der Waals surface area contributed by atoms with Crippen molar-refractivity contribution < 1.29 is 23.6 Å². The van der Waals surface area contributed by atoms with E-state index in [0.29, 0.717) is 29.3 Å². The van der Waals surface area contributed by atoms with Crippen LogP contribution in [0, 0.1) is 10.1 Å². The number of fused-ring (bicyclic) bond motifs is 1. The number of benzene rings is 3. The van der Waals surface area contributed by atoms with Gasteiger partial charge in [0.2, 0.25) is 0 Å². The number of hydrazone groups is 1. The second-order valence-electron chi connectivity index (χ2n) is 7.34. The first-order valence-corrected chi connectivity index (χ1v) is 11.4. The molecule has 1 N–H and O–H groups in total. The number of nitrogens with zero attached hydrogens (tertiary/aromatic N) is 2. The maximum absolute atomic E-state index is 12.4. The van der Waals surface area contributed by atoms with Crippen LogP contribution < -0.4 is 14.9 Å². The van der Waals surface area contributed by atoms with Crippen LogP contribution in [0.5, 0.6) is 11.5 Å². The summed E-state index contributed by atoms with van der Waals surface area (Å²) < 4.78 is 18.0. The molecule has 0 spiro atoms. The molecular formula is C25H20BrN3O6. The molecule has 1 amide bonds. The van der Waals surface area contributed by atoms with Crippen LogP contribution in [0.15, 0.2) is 80.7 Å². The molecule has 3 aromatic carbocycles. The van der Waals surface area contributed by atoms with E-state index in [4.69, 9.17) is 13.9 Å². The lowest BCUT2D eigenvalue weighted by Gasteiger charge is -2.12. The summed E-state index contributed by atoms with van der Waals surface area (Å²) in [6.45, 7) is 2.50. The van der Waals surface area contributed by atoms with Crippen molar-refractivity contribution in [2.24, 2.45) is 5.10 Å². The summed E-state index contributed by atoms with van der Waals surface area (Å²) in [7, 11) is 0. The molecule has 0 saturated carbocycles. The zero-order chi connectivity index (χ0) is 24.8. The number of furan rings is 1. The number of nitro groups is 1. The first-order valence-electron chi connectivity index (χ1n) is 10.6. The molecule has 0 bridgehead atoms. The van der Waals surface area contributed by atoms with E-state index in [1.807, 2.05) is 19.1 Å². The van der Waals surface area contributed by atoms with Crippen LogP contribution in [0.1, 0.15) is 28.6 Å². The summed E-state index contributed by atoms with van der Waals surface area (Å²) in [5.41, 5.74) is 4.55. The van der Waals surface area contributed by atoms with Crippen molar-refractivity contribution in [3.8, 4) is 11.5 Å². The number of halogens is 1. The minimum absolute atomic E-state index is 0.0212. The highest BCUT2D eigenvalue weighted by Crippen LogP contribution is 2.29. The zero-order valence-electron chi connectivity index (χ0n) is 18.6. The number of rotatable bonds is 9. The van der Waals surface area contributed by atoms with Gasteiger partial charge in [-0.15, -0.1) is 0 Å². The Morgan fingerprint density at radius 1 is 1.09 bits per heavy atom. The average molecular weight is 538 g/mol. The molecule has 0 unspecified atom stereocenters. The molecule has 35 heavy (non-hydrogen) atoms. The summed E-state index contributed by atoms with van der Waals surface area (Å²) >= 11 is 3.39. The van der Waals surface area contributed by atoms with E-state index >= 15 is 0 Å². The maximum atomic E-state index is 12.4. The smallest absolute Gasteiger partial charge is 0.307 e. The molecule has 178 valence electrons. The summed E-state index contributed by atoms with van der Waals surface area (Å²) in [5, 5.41) is 15.6. The van der Waals surface area contributed by atoms with Gasteiger partial charge in [-0.2, -0.15) is 5.10 Å². The van der Waals surface area contributed by atoms with Crippen molar-refractivity contribution in [2.75, 3.05) is 6.61 Å². The van der Waals surface area contributed by atoms with Crippen molar-refractivity contribution in [3.63, 3.8) is 0 Å². The lowest BCUT2D eigenvalue weighted by atomic mass is 10.2. The number of carbonyl (C=O) groups is 1. The van der Waals surface area contributed by atoms with Gasteiger partial charge < -0.3 is 13.9 Å². The molecule has 10 heteroatoms. The highest BCUT2D eigenvalue weighted by Gasteiger charge is 2.12. The fourth-order valence-electron chi connectivity index (χ4n) is 3.21. The van der Waals surface area contributed by atoms with Crippen LogP contribution in [-0.2, 0) is 6.61 Å². The van der Waals surface area contributed by atoms with E-state index in [-0.39, 0.29) is 18.1 Å². The summed E-state index contributed by atoms with van der Waals surface area (Å²) in [6.07, 6.45) is 1.49. The van der Waals surface area contributed by atoms with Crippen molar-refractivity contribution in [3.05, 3.63) is 98.2 Å². The van der Waals surface area contributed by atoms with Crippen LogP contribution in [-0.4, -0.2) is 23.7 Å². The third kappa shape index (κ3) is 6.04. The molecule has 0 saturated heterocycles. The van der Waals surface area contributed by atoms with E-state index in [2.05, 4.69) is 26.5 Å². The molecule has 4 rings (SSSR count). The third-order valence-electron chi connectivity index (χ3n) is 4.89. The Hall–Kier alpha value is -4.18. The van der Waals surface area contributed by atoms with Crippen molar-refractivity contribution in [1.82, 2.24) is 5.43 Å². The number of nitro benzene ring substituents is 1. The van der Waals surface area contributed by atoms with E-state index in [0.717, 1.165) is 15.4 Å². The molecule has 4 aromatic rings. The molecule has 0 aliphatic rings. The molecule has 1 heterocycles. The van der Waals surface area contributed by atoms with Gasteiger partial charge in [-0.25, -0.2) is 5.43 Å². The van der Waals surface area contributed by atoms with Crippen molar-refractivity contribution >= 4 is 44.7 Å². The zero-order valence-corrected chi connectivity index (χ0v) is 20.2. The normalized spacial score (nSPS) is 11.0. The van der Waals surface area contributed by atoms with Crippen molar-refractivity contribution in [1.29, 1.82) is 0 Å². The second kappa shape index (κ2) is 10.8. The van der Waals surface area contributed by atoms with Crippen LogP contribution in [0.25, 0.3) is 11.0 Å². The Morgan fingerprint density at radius 3 is 2.63 bits per heavy atom. The maximum Gasteiger partial charge on any atom is 0.307 e. The number of hydrogen-bond donors (Lipinski definition) is 1. The van der Waals surface area contributed by atoms with Gasteiger partial charge in [-0.1, -0.05) is 15.9 Å². The Morgan fingerprint density at radius 2 is 1.89 bits per heavy atom. The lowest BCUT2D eigenvalue weighted by Crippen LogP contribution is -2.16. The Bertz CT molecular complexity index is 1400. The second-order valence-corrected chi connectivity index (χ2v) is 8.26. The minimum Gasteiger partial charge on any atom is -0.490 e. The van der Waals surface area contributed by atoms with Crippen LogP contribution >= 0.6 is 15.9 Å². The number of non-ortho nitro benzene ring substituents is 1. The molecule has 0 atom stereocenters. The fourth-order valence-corrected chi connectivity index (χ4v) is 3.59. The van der Waals surface area contributed by atoms with Crippen LogP contribution in [0.2, 0.25) is 0 Å². The Labute approximate surface area is 208 Å². The first kappa shape index (κ1) is 24.0. The number of amides is 1. The number of carbonyl (C=O) groups excluding carboxylic acids is 1. The Balaban J connectivity index is 1.40. The van der Waals surface area contributed by atoms with Gasteiger partial charge in [-0.3, -0.25) is 14.9 Å². The average Bonchev–Trinajstić information content (AvgIpc) is 3.27. The molecular weight excluding hydrogens is 518 g/mol. The van der Waals surface area contributed by atoms with Gasteiger partial charge in [0.15, 0.2) is 17.3 Å². The van der Waals surface area contributed by atoms with Crippen molar-refractivity contribution in [2.45, 2.75) is 13.5 Å². The van der Waals surface area contributed by atoms with Crippen LogP contribution in [0.3, 0.4) is 0 Å². The first-order chi connectivity index (χ1) is 16.9. The lowest BCUT2D eigenvalue weighted by molar-refractivity contribution is -0.384. The monoisotopic (exact) mass is 537 g/mol. The quantitative estimate of drug-likeness (QED) is 0.163. The molecule has 1 aromatic heterocycles. The fraction of sp³-hybridized carbons (Fsp3) is 0.120. The summed E-state index contributed by atoms with van der Waals surface area (Å²) in [6, 6.07) is 18.5.